The molecule has 1 aromatic heterocycles. The minimum atomic E-state index is -0.448. The second-order valence-corrected chi connectivity index (χ2v) is 4.82. The molecule has 21 heavy (non-hydrogen) atoms. The van der Waals surface area contributed by atoms with Crippen molar-refractivity contribution in [3.05, 3.63) is 65.2 Å². The highest BCUT2D eigenvalue weighted by Crippen LogP contribution is 2.31. The molecule has 3 aromatic rings. The Labute approximate surface area is 126 Å². The summed E-state index contributed by atoms with van der Waals surface area (Å²) in [4.78, 5) is 0. The summed E-state index contributed by atoms with van der Waals surface area (Å²) < 4.78 is 15.9. The van der Waals surface area contributed by atoms with Gasteiger partial charge in [-0.1, -0.05) is 35.9 Å². The molecule has 0 spiro atoms. The molecule has 0 saturated carbocycles. The summed E-state index contributed by atoms with van der Waals surface area (Å²) in [5.74, 6) is 0.427. The smallest absolute Gasteiger partial charge is 0.173 e. The first-order valence-corrected chi connectivity index (χ1v) is 6.74. The zero-order chi connectivity index (χ0) is 14.8. The van der Waals surface area contributed by atoms with Gasteiger partial charge in [-0.15, -0.1) is 10.2 Å². The summed E-state index contributed by atoms with van der Waals surface area (Å²) in [5, 5.41) is 8.38. The lowest BCUT2D eigenvalue weighted by Gasteiger charge is -2.11. The van der Waals surface area contributed by atoms with Crippen molar-refractivity contribution < 1.29 is 4.39 Å². The van der Waals surface area contributed by atoms with Crippen LogP contribution in [0.3, 0.4) is 0 Å². The summed E-state index contributed by atoms with van der Waals surface area (Å²) in [5.41, 5.74) is 6.73. The van der Waals surface area contributed by atoms with Crippen molar-refractivity contribution in [2.24, 2.45) is 5.73 Å². The molecular formula is C15H12ClFN4. The zero-order valence-corrected chi connectivity index (χ0v) is 11.8. The number of aromatic nitrogens is 3. The molecule has 0 saturated heterocycles. The van der Waals surface area contributed by atoms with Crippen molar-refractivity contribution in [3.63, 3.8) is 0 Å². The highest BCUT2D eigenvalue weighted by Gasteiger charge is 2.19. The van der Waals surface area contributed by atoms with E-state index in [1.54, 1.807) is 16.7 Å². The second-order valence-electron chi connectivity index (χ2n) is 4.41. The van der Waals surface area contributed by atoms with Gasteiger partial charge in [0.25, 0.3) is 0 Å². The molecule has 0 aliphatic heterocycles. The van der Waals surface area contributed by atoms with E-state index in [1.807, 2.05) is 30.3 Å². The van der Waals surface area contributed by atoms with Gasteiger partial charge in [0.05, 0.1) is 17.1 Å². The SMILES string of the molecule is NCc1nnc(-c2c(F)cccc2Cl)n1-c1ccccc1. The summed E-state index contributed by atoms with van der Waals surface area (Å²) in [6.45, 7) is 0.188. The van der Waals surface area contributed by atoms with Crippen molar-refractivity contribution in [2.75, 3.05) is 0 Å². The van der Waals surface area contributed by atoms with Crippen molar-refractivity contribution in [2.45, 2.75) is 6.54 Å². The van der Waals surface area contributed by atoms with Crippen LogP contribution in [0.4, 0.5) is 4.39 Å². The maximum atomic E-state index is 14.1. The molecule has 0 unspecified atom stereocenters. The molecule has 0 amide bonds. The second kappa shape index (κ2) is 5.63. The number of benzene rings is 2. The first kappa shape index (κ1) is 13.7. The van der Waals surface area contributed by atoms with Gasteiger partial charge in [0, 0.05) is 5.69 Å². The average Bonchev–Trinajstić information content (AvgIpc) is 2.91. The Morgan fingerprint density at radius 2 is 1.81 bits per heavy atom. The molecule has 0 fully saturated rings. The minimum Gasteiger partial charge on any atom is -0.324 e. The zero-order valence-electron chi connectivity index (χ0n) is 11.0. The lowest BCUT2D eigenvalue weighted by Crippen LogP contribution is -2.08. The Kier molecular flexibility index (Phi) is 3.68. The highest BCUT2D eigenvalue weighted by molar-refractivity contribution is 6.33. The molecule has 2 N–H and O–H groups in total. The molecule has 1 heterocycles. The maximum absolute atomic E-state index is 14.1. The van der Waals surface area contributed by atoms with Crippen LogP contribution in [0.1, 0.15) is 5.82 Å². The van der Waals surface area contributed by atoms with E-state index in [0.29, 0.717) is 11.6 Å². The van der Waals surface area contributed by atoms with Crippen LogP contribution in [0.5, 0.6) is 0 Å². The van der Waals surface area contributed by atoms with E-state index < -0.39 is 5.82 Å². The van der Waals surface area contributed by atoms with Crippen LogP contribution in [0.15, 0.2) is 48.5 Å². The van der Waals surface area contributed by atoms with Crippen LogP contribution < -0.4 is 5.73 Å². The van der Waals surface area contributed by atoms with Crippen LogP contribution in [0.25, 0.3) is 17.1 Å². The van der Waals surface area contributed by atoms with Gasteiger partial charge in [-0.25, -0.2) is 4.39 Å². The first-order chi connectivity index (χ1) is 10.2. The number of nitrogens with two attached hydrogens (primary N) is 1. The Balaban J connectivity index is 2.28. The van der Waals surface area contributed by atoms with E-state index in [2.05, 4.69) is 10.2 Å². The molecule has 0 aliphatic carbocycles. The molecule has 0 radical (unpaired) electrons. The third-order valence-corrected chi connectivity index (χ3v) is 3.43. The number of hydrogen-bond donors (Lipinski definition) is 1. The number of hydrogen-bond acceptors (Lipinski definition) is 3. The molecule has 0 aliphatic rings. The van der Waals surface area contributed by atoms with Crippen LogP contribution in [-0.4, -0.2) is 14.8 Å². The molecule has 0 bridgehead atoms. The molecular weight excluding hydrogens is 291 g/mol. The lowest BCUT2D eigenvalue weighted by atomic mass is 10.2. The van der Waals surface area contributed by atoms with E-state index in [9.17, 15) is 4.39 Å². The standard InChI is InChI=1S/C15H12ClFN4/c16-11-7-4-8-12(17)14(11)15-20-19-13(9-18)21(15)10-5-2-1-3-6-10/h1-8H,9,18H2. The minimum absolute atomic E-state index is 0.188. The van der Waals surface area contributed by atoms with E-state index in [-0.39, 0.29) is 17.1 Å². The molecule has 3 rings (SSSR count). The van der Waals surface area contributed by atoms with Gasteiger partial charge in [0.1, 0.15) is 5.82 Å². The van der Waals surface area contributed by atoms with E-state index in [4.69, 9.17) is 17.3 Å². The molecule has 2 aromatic carbocycles. The number of halogens is 2. The van der Waals surface area contributed by atoms with Crippen LogP contribution in [0.2, 0.25) is 5.02 Å². The fourth-order valence-electron chi connectivity index (χ4n) is 2.17. The Hall–Kier alpha value is -2.24. The van der Waals surface area contributed by atoms with Gasteiger partial charge < -0.3 is 5.73 Å². The lowest BCUT2D eigenvalue weighted by molar-refractivity contribution is 0.629. The van der Waals surface area contributed by atoms with Crippen molar-refractivity contribution in [1.29, 1.82) is 0 Å². The van der Waals surface area contributed by atoms with E-state index in [1.165, 1.54) is 6.07 Å². The van der Waals surface area contributed by atoms with Crippen LogP contribution in [0, 0.1) is 5.82 Å². The summed E-state index contributed by atoms with van der Waals surface area (Å²) in [6.07, 6.45) is 0. The van der Waals surface area contributed by atoms with Gasteiger partial charge in [0.2, 0.25) is 0 Å². The summed E-state index contributed by atoms with van der Waals surface area (Å²) in [7, 11) is 0. The third-order valence-electron chi connectivity index (χ3n) is 3.11. The first-order valence-electron chi connectivity index (χ1n) is 6.36. The fraction of sp³-hybridized carbons (Fsp3) is 0.0667. The van der Waals surface area contributed by atoms with Crippen LogP contribution >= 0.6 is 11.6 Å². The summed E-state index contributed by atoms with van der Waals surface area (Å²) >= 11 is 6.12. The monoisotopic (exact) mass is 302 g/mol. The quantitative estimate of drug-likeness (QED) is 0.808. The number of nitrogens with zero attached hydrogens (tertiary/aromatic N) is 3. The fourth-order valence-corrected chi connectivity index (χ4v) is 2.42. The van der Waals surface area contributed by atoms with Crippen LogP contribution in [-0.2, 0) is 6.54 Å². The van der Waals surface area contributed by atoms with Gasteiger partial charge in [-0.05, 0) is 24.3 Å². The molecule has 106 valence electrons. The van der Waals surface area contributed by atoms with Crippen molar-refractivity contribution in [3.8, 4) is 17.1 Å². The Morgan fingerprint density at radius 3 is 2.48 bits per heavy atom. The topological polar surface area (TPSA) is 56.7 Å². The van der Waals surface area contributed by atoms with E-state index >= 15 is 0 Å². The predicted octanol–water partition coefficient (Wildman–Crippen LogP) is 3.19. The highest BCUT2D eigenvalue weighted by atomic mass is 35.5. The van der Waals surface area contributed by atoms with Crippen molar-refractivity contribution in [1.82, 2.24) is 14.8 Å². The summed E-state index contributed by atoms with van der Waals surface area (Å²) in [6, 6.07) is 13.9. The van der Waals surface area contributed by atoms with Gasteiger partial charge >= 0.3 is 0 Å². The normalized spacial score (nSPS) is 10.8. The Morgan fingerprint density at radius 1 is 1.05 bits per heavy atom. The van der Waals surface area contributed by atoms with Gasteiger partial charge in [-0.2, -0.15) is 0 Å². The molecule has 4 nitrogen and oxygen atoms in total. The number of para-hydroxylation sites is 1. The Bertz CT molecular complexity index is 750. The van der Waals surface area contributed by atoms with Gasteiger partial charge in [-0.3, -0.25) is 4.57 Å². The van der Waals surface area contributed by atoms with Gasteiger partial charge in [0.15, 0.2) is 11.6 Å². The van der Waals surface area contributed by atoms with E-state index in [0.717, 1.165) is 5.69 Å². The van der Waals surface area contributed by atoms with Crippen molar-refractivity contribution >= 4 is 11.6 Å². The molecule has 0 atom stereocenters. The average molecular weight is 303 g/mol. The molecule has 6 heteroatoms. The number of rotatable bonds is 3. The largest absolute Gasteiger partial charge is 0.324 e. The third kappa shape index (κ3) is 2.41. The predicted molar refractivity (Wildman–Crippen MR) is 79.7 cm³/mol. The maximum Gasteiger partial charge on any atom is 0.173 e.